The summed E-state index contributed by atoms with van der Waals surface area (Å²) in [5, 5.41) is 1.22. The number of hydrogen-bond acceptors (Lipinski definition) is 4. The van der Waals surface area contributed by atoms with Gasteiger partial charge >= 0.3 is 5.97 Å². The van der Waals surface area contributed by atoms with Crippen molar-refractivity contribution in [3.8, 4) is 0 Å². The van der Waals surface area contributed by atoms with Crippen LogP contribution in [0.5, 0.6) is 0 Å². The maximum Gasteiger partial charge on any atom is 0.329 e. The van der Waals surface area contributed by atoms with E-state index in [4.69, 9.17) is 9.26 Å². The van der Waals surface area contributed by atoms with E-state index in [2.05, 4.69) is 33.9 Å². The summed E-state index contributed by atoms with van der Waals surface area (Å²) in [7, 11) is -1.88. The fourth-order valence-electron chi connectivity index (χ4n) is 1.73. The van der Waals surface area contributed by atoms with Crippen LogP contribution in [0.25, 0.3) is 0 Å². The molecule has 1 rings (SSSR count). The number of hydroxylamine groups is 2. The van der Waals surface area contributed by atoms with Crippen LogP contribution in [0.2, 0.25) is 18.1 Å². The molecule has 1 saturated heterocycles. The number of carbonyl (C=O) groups is 2. The Morgan fingerprint density at radius 1 is 1.42 bits per heavy atom. The molecule has 5 nitrogen and oxygen atoms in total. The monoisotopic (exact) mass is 287 g/mol. The van der Waals surface area contributed by atoms with Crippen LogP contribution >= 0.6 is 0 Å². The summed E-state index contributed by atoms with van der Waals surface area (Å²) in [4.78, 5) is 27.4. The van der Waals surface area contributed by atoms with E-state index in [1.54, 1.807) is 0 Å². The normalized spacial score (nSPS) is 21.9. The molecule has 1 heterocycles. The highest BCUT2D eigenvalue weighted by Crippen LogP contribution is 2.39. The van der Waals surface area contributed by atoms with E-state index < -0.39 is 14.3 Å². The van der Waals surface area contributed by atoms with Crippen molar-refractivity contribution in [1.82, 2.24) is 5.06 Å². The highest BCUT2D eigenvalue weighted by Gasteiger charge is 2.47. The van der Waals surface area contributed by atoms with Gasteiger partial charge in [-0.3, -0.25) is 9.59 Å². The molecule has 1 aliphatic heterocycles. The maximum absolute atomic E-state index is 11.9. The average molecular weight is 287 g/mol. The van der Waals surface area contributed by atoms with Crippen LogP contribution in [0, 0.1) is 5.92 Å². The van der Waals surface area contributed by atoms with E-state index in [9.17, 15) is 9.59 Å². The quantitative estimate of drug-likeness (QED) is 0.588. The van der Waals surface area contributed by atoms with Crippen LogP contribution in [-0.2, 0) is 18.9 Å². The van der Waals surface area contributed by atoms with Gasteiger partial charge in [0.05, 0.1) is 18.6 Å². The molecule has 0 aliphatic carbocycles. The lowest BCUT2D eigenvalue weighted by Gasteiger charge is -2.44. The van der Waals surface area contributed by atoms with E-state index in [-0.39, 0.29) is 23.0 Å². The van der Waals surface area contributed by atoms with E-state index in [0.717, 1.165) is 5.06 Å². The lowest BCUT2D eigenvalue weighted by atomic mass is 9.96. The molecule has 2 atom stereocenters. The number of rotatable bonds is 4. The summed E-state index contributed by atoms with van der Waals surface area (Å²) in [6, 6.07) is 0. The number of nitrogens with zero attached hydrogens (tertiary/aromatic N) is 1. The highest BCUT2D eigenvalue weighted by atomic mass is 28.4. The average Bonchev–Trinajstić information content (AvgIpc) is 2.20. The van der Waals surface area contributed by atoms with Crippen molar-refractivity contribution in [3.63, 3.8) is 0 Å². The Morgan fingerprint density at radius 3 is 2.32 bits per heavy atom. The first-order valence-electron chi connectivity index (χ1n) is 6.63. The van der Waals surface area contributed by atoms with Crippen LogP contribution < -0.4 is 0 Å². The van der Waals surface area contributed by atoms with Crippen molar-refractivity contribution in [2.75, 3.05) is 6.54 Å². The van der Waals surface area contributed by atoms with Crippen LogP contribution in [0.15, 0.2) is 0 Å². The van der Waals surface area contributed by atoms with Crippen LogP contribution in [0.1, 0.15) is 34.6 Å². The Hall–Kier alpha value is -0.883. The predicted molar refractivity (Wildman–Crippen MR) is 74.7 cm³/mol. The molecule has 1 fully saturated rings. The van der Waals surface area contributed by atoms with E-state index in [1.807, 2.05) is 6.92 Å². The number of carbonyl (C=O) groups excluding carboxylic acids is 2. The molecule has 0 radical (unpaired) electrons. The number of amides is 1. The molecule has 0 aromatic carbocycles. The van der Waals surface area contributed by atoms with Gasteiger partial charge in [0.1, 0.15) is 0 Å². The molecule has 6 heteroatoms. The van der Waals surface area contributed by atoms with E-state index in [0.29, 0.717) is 6.54 Å². The van der Waals surface area contributed by atoms with Crippen molar-refractivity contribution >= 4 is 20.2 Å². The third-order valence-electron chi connectivity index (χ3n) is 4.02. The van der Waals surface area contributed by atoms with E-state index >= 15 is 0 Å². The van der Waals surface area contributed by atoms with Crippen LogP contribution in [0.3, 0.4) is 0 Å². The van der Waals surface area contributed by atoms with Crippen molar-refractivity contribution < 1.29 is 18.9 Å². The Kier molecular flexibility index (Phi) is 4.46. The first kappa shape index (κ1) is 16.2. The summed E-state index contributed by atoms with van der Waals surface area (Å²) >= 11 is 0. The summed E-state index contributed by atoms with van der Waals surface area (Å²) in [6.45, 7) is 14.5. The molecule has 19 heavy (non-hydrogen) atoms. The maximum atomic E-state index is 11.9. The van der Waals surface area contributed by atoms with Gasteiger partial charge in [0.15, 0.2) is 8.32 Å². The molecule has 110 valence electrons. The molecule has 0 unspecified atom stereocenters. The Labute approximate surface area is 116 Å². The zero-order valence-electron chi connectivity index (χ0n) is 12.9. The summed E-state index contributed by atoms with van der Waals surface area (Å²) < 4.78 is 6.18. The Bertz CT molecular complexity index is 375. The molecule has 0 spiro atoms. The third kappa shape index (κ3) is 3.57. The lowest BCUT2D eigenvalue weighted by molar-refractivity contribution is -0.224. The van der Waals surface area contributed by atoms with Crippen molar-refractivity contribution in [2.45, 2.75) is 58.9 Å². The van der Waals surface area contributed by atoms with Crippen LogP contribution in [-0.4, -0.2) is 37.9 Å². The van der Waals surface area contributed by atoms with Crippen molar-refractivity contribution in [3.05, 3.63) is 0 Å². The second kappa shape index (κ2) is 5.24. The summed E-state index contributed by atoms with van der Waals surface area (Å²) in [5.74, 6) is -0.834. The number of hydrogen-bond donors (Lipinski definition) is 0. The molecular weight excluding hydrogens is 262 g/mol. The topological polar surface area (TPSA) is 55.8 Å². The Balaban J connectivity index is 2.56. The Morgan fingerprint density at radius 2 is 1.95 bits per heavy atom. The predicted octanol–water partition coefficient (Wildman–Crippen LogP) is 2.33. The largest absolute Gasteiger partial charge is 0.413 e. The van der Waals surface area contributed by atoms with E-state index in [1.165, 1.54) is 6.92 Å². The highest BCUT2D eigenvalue weighted by molar-refractivity contribution is 6.74. The van der Waals surface area contributed by atoms with Gasteiger partial charge in [-0.2, -0.15) is 5.06 Å². The minimum atomic E-state index is -1.88. The lowest BCUT2D eigenvalue weighted by Crippen LogP contribution is -2.59. The summed E-state index contributed by atoms with van der Waals surface area (Å²) in [6.07, 6.45) is -0.139. The molecule has 0 aromatic heterocycles. The fraction of sp³-hybridized carbons (Fsp3) is 0.846. The fourth-order valence-corrected chi connectivity index (χ4v) is 3.18. The van der Waals surface area contributed by atoms with Gasteiger partial charge in [-0.05, 0) is 25.1 Å². The second-order valence-electron chi connectivity index (χ2n) is 6.67. The van der Waals surface area contributed by atoms with Crippen LogP contribution in [0.4, 0.5) is 0 Å². The standard InChI is InChI=1S/C13H25NO4Si/c1-9(18-19(6,7)13(3,4)5)11-8-14(12(11)16)17-10(2)15/h9,11H,8H2,1-7H3/t9-,11+/m1/s1. The minimum Gasteiger partial charge on any atom is -0.413 e. The second-order valence-corrected chi connectivity index (χ2v) is 11.4. The third-order valence-corrected chi connectivity index (χ3v) is 8.59. The first-order valence-corrected chi connectivity index (χ1v) is 9.54. The molecule has 0 aromatic rings. The molecular formula is C13H25NO4Si. The smallest absolute Gasteiger partial charge is 0.329 e. The van der Waals surface area contributed by atoms with Crippen molar-refractivity contribution in [1.29, 1.82) is 0 Å². The molecule has 1 aliphatic rings. The van der Waals surface area contributed by atoms with Gasteiger partial charge in [-0.15, -0.1) is 0 Å². The van der Waals surface area contributed by atoms with Gasteiger partial charge in [0, 0.05) is 6.92 Å². The van der Waals surface area contributed by atoms with Gasteiger partial charge in [-0.1, -0.05) is 20.8 Å². The van der Waals surface area contributed by atoms with Gasteiger partial charge in [0.25, 0.3) is 5.91 Å². The molecule has 0 bridgehead atoms. The van der Waals surface area contributed by atoms with Crippen molar-refractivity contribution in [2.24, 2.45) is 5.92 Å². The van der Waals surface area contributed by atoms with Gasteiger partial charge in [0.2, 0.25) is 0 Å². The zero-order chi connectivity index (χ0) is 15.0. The molecule has 0 saturated carbocycles. The zero-order valence-corrected chi connectivity index (χ0v) is 13.9. The first-order chi connectivity index (χ1) is 8.45. The molecule has 0 N–H and O–H groups in total. The SMILES string of the molecule is CC(=O)ON1C[C@@H]([C@@H](C)O[Si](C)(C)C(C)(C)C)C1=O. The number of β-lactam (4-membered cyclic amide) rings is 1. The van der Waals surface area contributed by atoms with Gasteiger partial charge in [-0.25, -0.2) is 0 Å². The molecule has 1 amide bonds. The van der Waals surface area contributed by atoms with Gasteiger partial charge < -0.3 is 9.26 Å². The summed E-state index contributed by atoms with van der Waals surface area (Å²) in [5.41, 5.74) is 0. The minimum absolute atomic E-state index is 0.115.